The smallest absolute Gasteiger partial charge is 0.322 e. The average molecular weight is 446 g/mol. The first-order valence-corrected chi connectivity index (χ1v) is 10.2. The molecule has 0 aromatic heterocycles. The summed E-state index contributed by atoms with van der Waals surface area (Å²) in [7, 11) is 0. The molecule has 178 valence electrons. The van der Waals surface area contributed by atoms with Crippen molar-refractivity contribution >= 4 is 29.6 Å². The highest BCUT2D eigenvalue weighted by molar-refractivity contribution is 5.95. The Balaban J connectivity index is 5.16. The normalized spacial score (nSPS) is 13.5. The van der Waals surface area contributed by atoms with Gasteiger partial charge in [0.2, 0.25) is 23.6 Å². The molecule has 12 N–H and O–H groups in total. The van der Waals surface area contributed by atoms with Crippen LogP contribution in [-0.4, -0.2) is 72.5 Å². The van der Waals surface area contributed by atoms with Gasteiger partial charge < -0.3 is 44.0 Å². The second-order valence-corrected chi connectivity index (χ2v) is 7.08. The summed E-state index contributed by atoms with van der Waals surface area (Å²) in [6, 6.07) is -3.33. The lowest BCUT2D eigenvalue weighted by atomic mass is 10.1. The number of primary amides is 1. The van der Waals surface area contributed by atoms with Gasteiger partial charge >= 0.3 is 5.97 Å². The quantitative estimate of drug-likeness (QED) is 0.104. The summed E-state index contributed by atoms with van der Waals surface area (Å²) < 4.78 is 0. The molecule has 0 aliphatic rings. The number of carboxylic acids is 1. The second kappa shape index (κ2) is 16.0. The van der Waals surface area contributed by atoms with Gasteiger partial charge in [-0.05, 0) is 45.2 Å². The van der Waals surface area contributed by atoms with Crippen LogP contribution in [0.3, 0.4) is 0 Å². The van der Waals surface area contributed by atoms with E-state index in [1.807, 2.05) is 0 Å². The molecular formula is C18H35N7O6. The molecule has 0 fully saturated rings. The van der Waals surface area contributed by atoms with E-state index in [1.54, 1.807) is 0 Å². The number of unbranched alkanes of at least 4 members (excludes halogenated alkanes) is 2. The van der Waals surface area contributed by atoms with Crippen LogP contribution in [0.2, 0.25) is 0 Å². The summed E-state index contributed by atoms with van der Waals surface area (Å²) in [4.78, 5) is 59.3. The summed E-state index contributed by atoms with van der Waals surface area (Å²) in [5.74, 6) is -4.26. The number of hydrogen-bond acceptors (Lipinski definition) is 8. The zero-order chi connectivity index (χ0) is 23.8. The SMILES string of the molecule is NCCCCC(N)C(=O)NC(CC(N)=O)C(=O)NC(CCCCN)C(=O)NCC(=O)O. The van der Waals surface area contributed by atoms with E-state index in [0.717, 1.165) is 0 Å². The monoisotopic (exact) mass is 445 g/mol. The van der Waals surface area contributed by atoms with E-state index >= 15 is 0 Å². The molecule has 4 amide bonds. The van der Waals surface area contributed by atoms with Crippen molar-refractivity contribution in [2.45, 2.75) is 63.1 Å². The fourth-order valence-electron chi connectivity index (χ4n) is 2.65. The fourth-order valence-corrected chi connectivity index (χ4v) is 2.65. The molecule has 0 saturated heterocycles. The van der Waals surface area contributed by atoms with E-state index in [9.17, 15) is 24.0 Å². The molecule has 13 heteroatoms. The summed E-state index contributed by atoms with van der Waals surface area (Å²) >= 11 is 0. The van der Waals surface area contributed by atoms with E-state index in [0.29, 0.717) is 45.2 Å². The highest BCUT2D eigenvalue weighted by Crippen LogP contribution is 2.04. The van der Waals surface area contributed by atoms with Crippen LogP contribution in [0.4, 0.5) is 0 Å². The number of nitrogens with two attached hydrogens (primary N) is 4. The molecule has 0 aliphatic carbocycles. The molecule has 13 nitrogen and oxygen atoms in total. The minimum Gasteiger partial charge on any atom is -0.480 e. The highest BCUT2D eigenvalue weighted by Gasteiger charge is 2.29. The number of nitrogens with one attached hydrogen (secondary N) is 3. The topological polar surface area (TPSA) is 246 Å². The Kier molecular flexibility index (Phi) is 14.6. The molecule has 31 heavy (non-hydrogen) atoms. The van der Waals surface area contributed by atoms with Crippen LogP contribution in [0.1, 0.15) is 44.9 Å². The lowest BCUT2D eigenvalue weighted by Crippen LogP contribution is -2.56. The summed E-state index contributed by atoms with van der Waals surface area (Å²) in [5.41, 5.74) is 21.8. The standard InChI is InChI=1S/C18H35N7O6/c19-7-3-1-5-11(21)16(29)25-13(9-14(22)26)18(31)24-12(6-2-4-8-20)17(30)23-10-15(27)28/h11-13H,1-10,19-21H2,(H2,22,26)(H,23,30)(H,24,31)(H,25,29)(H,27,28). The Hall–Kier alpha value is -2.77. The van der Waals surface area contributed by atoms with Gasteiger partial charge in [-0.25, -0.2) is 0 Å². The minimum absolute atomic E-state index is 0.185. The largest absolute Gasteiger partial charge is 0.480 e. The Bertz CT molecular complexity index is 616. The Morgan fingerprint density at radius 3 is 1.84 bits per heavy atom. The van der Waals surface area contributed by atoms with Gasteiger partial charge in [0.1, 0.15) is 18.6 Å². The van der Waals surface area contributed by atoms with Crippen molar-refractivity contribution in [2.24, 2.45) is 22.9 Å². The van der Waals surface area contributed by atoms with Crippen molar-refractivity contribution < 1.29 is 29.1 Å². The van der Waals surface area contributed by atoms with Crippen LogP contribution in [0.5, 0.6) is 0 Å². The van der Waals surface area contributed by atoms with Gasteiger partial charge in [-0.3, -0.25) is 24.0 Å². The molecule has 0 rings (SSSR count). The maximum absolute atomic E-state index is 12.7. The lowest BCUT2D eigenvalue weighted by molar-refractivity contribution is -0.138. The molecule has 0 bridgehead atoms. The lowest BCUT2D eigenvalue weighted by Gasteiger charge is -2.23. The van der Waals surface area contributed by atoms with E-state index in [2.05, 4.69) is 16.0 Å². The third kappa shape index (κ3) is 13.2. The van der Waals surface area contributed by atoms with Crippen molar-refractivity contribution in [2.75, 3.05) is 19.6 Å². The molecule has 0 radical (unpaired) electrons. The predicted molar refractivity (Wildman–Crippen MR) is 112 cm³/mol. The maximum Gasteiger partial charge on any atom is 0.322 e. The third-order valence-electron chi connectivity index (χ3n) is 4.34. The number of hydrogen-bond donors (Lipinski definition) is 8. The molecule has 3 unspecified atom stereocenters. The first kappa shape index (κ1) is 28.2. The predicted octanol–water partition coefficient (Wildman–Crippen LogP) is -3.38. The maximum atomic E-state index is 12.7. The molecule has 0 saturated carbocycles. The fraction of sp³-hybridized carbons (Fsp3) is 0.722. The molecule has 0 aromatic rings. The van der Waals surface area contributed by atoms with Crippen LogP contribution in [0.25, 0.3) is 0 Å². The molecule has 3 atom stereocenters. The van der Waals surface area contributed by atoms with Crippen LogP contribution in [-0.2, 0) is 24.0 Å². The van der Waals surface area contributed by atoms with Gasteiger partial charge in [-0.2, -0.15) is 0 Å². The Labute approximate surface area is 181 Å². The minimum atomic E-state index is -1.34. The highest BCUT2D eigenvalue weighted by atomic mass is 16.4. The molecule has 0 spiro atoms. The van der Waals surface area contributed by atoms with Gasteiger partial charge in [0.05, 0.1) is 12.5 Å². The zero-order valence-corrected chi connectivity index (χ0v) is 17.6. The first-order chi connectivity index (χ1) is 14.6. The Morgan fingerprint density at radius 1 is 0.774 bits per heavy atom. The number of carboxylic acid groups (broad SMARTS) is 1. The van der Waals surface area contributed by atoms with E-state index in [-0.39, 0.29) is 6.42 Å². The van der Waals surface area contributed by atoms with Crippen molar-refractivity contribution in [1.82, 2.24) is 16.0 Å². The molecule has 0 aromatic carbocycles. The van der Waals surface area contributed by atoms with Crippen LogP contribution < -0.4 is 38.9 Å². The average Bonchev–Trinajstić information content (AvgIpc) is 2.70. The van der Waals surface area contributed by atoms with Crippen molar-refractivity contribution in [3.05, 3.63) is 0 Å². The van der Waals surface area contributed by atoms with E-state index in [1.165, 1.54) is 0 Å². The van der Waals surface area contributed by atoms with Crippen LogP contribution in [0.15, 0.2) is 0 Å². The van der Waals surface area contributed by atoms with Crippen molar-refractivity contribution in [3.8, 4) is 0 Å². The third-order valence-corrected chi connectivity index (χ3v) is 4.34. The van der Waals surface area contributed by atoms with Gasteiger partial charge in [0.25, 0.3) is 0 Å². The number of amides is 4. The molecule has 0 heterocycles. The van der Waals surface area contributed by atoms with E-state index < -0.39 is 60.7 Å². The van der Waals surface area contributed by atoms with Crippen LogP contribution >= 0.6 is 0 Å². The van der Waals surface area contributed by atoms with Gasteiger partial charge in [0.15, 0.2) is 0 Å². The van der Waals surface area contributed by atoms with Crippen LogP contribution in [0, 0.1) is 0 Å². The summed E-state index contributed by atoms with van der Waals surface area (Å²) in [5, 5.41) is 15.7. The number of rotatable bonds is 17. The molecule has 0 aliphatic heterocycles. The molecular weight excluding hydrogens is 410 g/mol. The van der Waals surface area contributed by atoms with E-state index in [4.69, 9.17) is 28.0 Å². The first-order valence-electron chi connectivity index (χ1n) is 10.2. The number of aliphatic carboxylic acids is 1. The van der Waals surface area contributed by atoms with Gasteiger partial charge in [0, 0.05) is 0 Å². The second-order valence-electron chi connectivity index (χ2n) is 7.08. The number of carbonyl (C=O) groups is 5. The van der Waals surface area contributed by atoms with Crippen molar-refractivity contribution in [3.63, 3.8) is 0 Å². The van der Waals surface area contributed by atoms with Gasteiger partial charge in [-0.15, -0.1) is 0 Å². The zero-order valence-electron chi connectivity index (χ0n) is 17.6. The Morgan fingerprint density at radius 2 is 1.32 bits per heavy atom. The number of carbonyl (C=O) groups excluding carboxylic acids is 4. The summed E-state index contributed by atoms with van der Waals surface area (Å²) in [6.45, 7) is 0.206. The van der Waals surface area contributed by atoms with Gasteiger partial charge in [-0.1, -0.05) is 6.42 Å². The summed E-state index contributed by atoms with van der Waals surface area (Å²) in [6.07, 6.45) is 2.39. The van der Waals surface area contributed by atoms with Crippen molar-refractivity contribution in [1.29, 1.82) is 0 Å².